The van der Waals surface area contributed by atoms with Crippen molar-refractivity contribution in [3.8, 4) is 0 Å². The number of hydrogen-bond acceptors (Lipinski definition) is 4. The zero-order chi connectivity index (χ0) is 15.0. The van der Waals surface area contributed by atoms with Gasteiger partial charge in [0.15, 0.2) is 0 Å². The zero-order valence-electron chi connectivity index (χ0n) is 11.4. The molecule has 1 aromatic rings. The molecule has 0 unspecified atom stereocenters. The van der Waals surface area contributed by atoms with Crippen molar-refractivity contribution in [2.24, 2.45) is 5.41 Å². The van der Waals surface area contributed by atoms with Crippen molar-refractivity contribution in [2.75, 3.05) is 0 Å². The van der Waals surface area contributed by atoms with Gasteiger partial charge in [0.25, 0.3) is 0 Å². The van der Waals surface area contributed by atoms with E-state index in [-0.39, 0.29) is 12.5 Å². The summed E-state index contributed by atoms with van der Waals surface area (Å²) in [7, 11) is 0. The summed E-state index contributed by atoms with van der Waals surface area (Å²) in [5.41, 5.74) is -1.03. The van der Waals surface area contributed by atoms with Crippen LogP contribution in [0.3, 0.4) is 0 Å². The predicted molar refractivity (Wildman–Crippen MR) is 81.6 cm³/mol. The molecule has 1 saturated heterocycles. The first-order chi connectivity index (χ1) is 10.0. The van der Waals surface area contributed by atoms with Crippen molar-refractivity contribution in [3.63, 3.8) is 0 Å². The fraction of sp³-hybridized carbons (Fsp3) is 0.500. The van der Waals surface area contributed by atoms with E-state index in [1.54, 1.807) is 0 Å². The van der Waals surface area contributed by atoms with Gasteiger partial charge in [-0.25, -0.2) is 4.79 Å². The molecule has 4 amide bonds. The number of urea groups is 1. The van der Waals surface area contributed by atoms with E-state index in [0.717, 1.165) is 28.6 Å². The van der Waals surface area contributed by atoms with E-state index in [2.05, 4.69) is 21.2 Å². The van der Waals surface area contributed by atoms with Gasteiger partial charge in [0.05, 0.1) is 6.54 Å². The predicted octanol–water partition coefficient (Wildman–Crippen LogP) is 3.04. The maximum atomic E-state index is 12.8. The SMILES string of the molecule is O=C1NC(=O)C2(CCCCC2)C(=O)N1Cc1cc(Br)cs1. The van der Waals surface area contributed by atoms with Crippen LogP contribution < -0.4 is 5.32 Å². The largest absolute Gasteiger partial charge is 0.331 e. The van der Waals surface area contributed by atoms with E-state index in [4.69, 9.17) is 0 Å². The summed E-state index contributed by atoms with van der Waals surface area (Å²) < 4.78 is 0.927. The van der Waals surface area contributed by atoms with Gasteiger partial charge in [0, 0.05) is 14.7 Å². The molecule has 0 bridgehead atoms. The molecule has 0 atom stereocenters. The second-order valence-electron chi connectivity index (χ2n) is 5.52. The van der Waals surface area contributed by atoms with Crippen LogP contribution >= 0.6 is 27.3 Å². The number of rotatable bonds is 2. The average Bonchev–Trinajstić information content (AvgIpc) is 2.88. The van der Waals surface area contributed by atoms with Crippen molar-refractivity contribution >= 4 is 45.1 Å². The highest BCUT2D eigenvalue weighted by molar-refractivity contribution is 9.10. The Labute approximate surface area is 134 Å². The van der Waals surface area contributed by atoms with Crippen molar-refractivity contribution in [1.82, 2.24) is 10.2 Å². The minimum absolute atomic E-state index is 0.218. The van der Waals surface area contributed by atoms with Gasteiger partial charge in [0.2, 0.25) is 11.8 Å². The molecule has 0 aromatic carbocycles. The summed E-state index contributed by atoms with van der Waals surface area (Å²) in [4.78, 5) is 39.1. The number of nitrogens with zero attached hydrogens (tertiary/aromatic N) is 1. The van der Waals surface area contributed by atoms with Gasteiger partial charge in [-0.1, -0.05) is 19.3 Å². The Kier molecular flexibility index (Phi) is 3.88. The van der Waals surface area contributed by atoms with Gasteiger partial charge in [-0.3, -0.25) is 19.8 Å². The summed E-state index contributed by atoms with van der Waals surface area (Å²) in [5.74, 6) is -0.749. The molecular formula is C14H15BrN2O3S. The molecular weight excluding hydrogens is 356 g/mol. The van der Waals surface area contributed by atoms with Crippen LogP contribution in [0.25, 0.3) is 0 Å². The first-order valence-electron chi connectivity index (χ1n) is 6.93. The van der Waals surface area contributed by atoms with Crippen molar-refractivity contribution in [1.29, 1.82) is 0 Å². The fourth-order valence-electron chi connectivity index (χ4n) is 3.06. The maximum Gasteiger partial charge on any atom is 0.331 e. The quantitative estimate of drug-likeness (QED) is 0.813. The second-order valence-corrected chi connectivity index (χ2v) is 7.44. The Morgan fingerprint density at radius 1 is 1.24 bits per heavy atom. The Morgan fingerprint density at radius 2 is 1.95 bits per heavy atom. The number of halogens is 1. The summed E-state index contributed by atoms with van der Waals surface area (Å²) in [5, 5.41) is 4.27. The van der Waals surface area contributed by atoms with Crippen LogP contribution in [0.1, 0.15) is 37.0 Å². The number of nitrogens with one attached hydrogen (secondary N) is 1. The summed E-state index contributed by atoms with van der Waals surface area (Å²) >= 11 is 4.84. The molecule has 1 N–H and O–H groups in total. The molecule has 1 aliphatic carbocycles. The van der Waals surface area contributed by atoms with Crippen LogP contribution in [0.2, 0.25) is 0 Å². The molecule has 1 spiro atoms. The first-order valence-corrected chi connectivity index (χ1v) is 8.60. The smallest absolute Gasteiger partial charge is 0.277 e. The van der Waals surface area contributed by atoms with Crippen molar-refractivity contribution < 1.29 is 14.4 Å². The molecule has 2 fully saturated rings. The maximum absolute atomic E-state index is 12.8. The Morgan fingerprint density at radius 3 is 2.57 bits per heavy atom. The third-order valence-electron chi connectivity index (χ3n) is 4.20. The fourth-order valence-corrected chi connectivity index (χ4v) is 4.50. The zero-order valence-corrected chi connectivity index (χ0v) is 13.8. The molecule has 7 heteroatoms. The van der Waals surface area contributed by atoms with Gasteiger partial charge in [-0.15, -0.1) is 11.3 Å². The molecule has 0 radical (unpaired) electrons. The lowest BCUT2D eigenvalue weighted by Crippen LogP contribution is -2.63. The highest BCUT2D eigenvalue weighted by atomic mass is 79.9. The number of barbiturate groups is 1. The number of thiophene rings is 1. The van der Waals surface area contributed by atoms with E-state index in [9.17, 15) is 14.4 Å². The molecule has 2 aliphatic rings. The van der Waals surface area contributed by atoms with E-state index < -0.39 is 17.4 Å². The van der Waals surface area contributed by atoms with E-state index in [1.807, 2.05) is 11.4 Å². The van der Waals surface area contributed by atoms with Crippen LogP contribution in [0.4, 0.5) is 4.79 Å². The molecule has 21 heavy (non-hydrogen) atoms. The Hall–Kier alpha value is -1.21. The highest BCUT2D eigenvalue weighted by Crippen LogP contribution is 2.40. The van der Waals surface area contributed by atoms with Crippen LogP contribution in [0, 0.1) is 5.41 Å². The summed E-state index contributed by atoms with van der Waals surface area (Å²) in [6.07, 6.45) is 3.82. The third-order valence-corrected chi connectivity index (χ3v) is 5.88. The van der Waals surface area contributed by atoms with E-state index >= 15 is 0 Å². The molecule has 112 valence electrons. The van der Waals surface area contributed by atoms with Crippen molar-refractivity contribution in [2.45, 2.75) is 38.6 Å². The summed E-state index contributed by atoms with van der Waals surface area (Å²) in [6.45, 7) is 0.218. The lowest BCUT2D eigenvalue weighted by Gasteiger charge is -2.41. The Balaban J connectivity index is 1.87. The number of carbonyl (C=O) groups is 3. The van der Waals surface area contributed by atoms with Crippen molar-refractivity contribution in [3.05, 3.63) is 20.8 Å². The molecule has 5 nitrogen and oxygen atoms in total. The van der Waals surface area contributed by atoms with Crippen LogP contribution in [-0.4, -0.2) is 22.7 Å². The lowest BCUT2D eigenvalue weighted by molar-refractivity contribution is -0.154. The monoisotopic (exact) mass is 370 g/mol. The Bertz CT molecular complexity index is 607. The highest BCUT2D eigenvalue weighted by Gasteiger charge is 2.53. The van der Waals surface area contributed by atoms with Gasteiger partial charge in [0.1, 0.15) is 5.41 Å². The molecule has 2 heterocycles. The van der Waals surface area contributed by atoms with E-state index in [0.29, 0.717) is 12.8 Å². The third kappa shape index (κ3) is 2.53. The minimum atomic E-state index is -1.03. The van der Waals surface area contributed by atoms with Gasteiger partial charge < -0.3 is 0 Å². The topological polar surface area (TPSA) is 66.5 Å². The number of carbonyl (C=O) groups excluding carboxylic acids is 3. The van der Waals surface area contributed by atoms with Gasteiger partial charge in [-0.2, -0.15) is 0 Å². The standard InChI is InChI=1S/C14H15BrN2O3S/c15-9-6-10(21-8-9)7-17-12(19)14(4-2-1-3-5-14)11(18)16-13(17)20/h6,8H,1-5,7H2,(H,16,18,20). The molecule has 3 rings (SSSR count). The average molecular weight is 371 g/mol. The van der Waals surface area contributed by atoms with Crippen LogP contribution in [0.5, 0.6) is 0 Å². The lowest BCUT2D eigenvalue weighted by atomic mass is 9.71. The van der Waals surface area contributed by atoms with Gasteiger partial charge >= 0.3 is 6.03 Å². The normalized spacial score (nSPS) is 21.8. The molecule has 1 aliphatic heterocycles. The molecule has 1 aromatic heterocycles. The first kappa shape index (κ1) is 14.7. The van der Waals surface area contributed by atoms with Crippen LogP contribution in [-0.2, 0) is 16.1 Å². The summed E-state index contributed by atoms with van der Waals surface area (Å²) in [6, 6.07) is 1.28. The second kappa shape index (κ2) is 5.53. The van der Waals surface area contributed by atoms with Gasteiger partial charge in [-0.05, 0) is 34.8 Å². The number of imide groups is 2. The molecule has 1 saturated carbocycles. The van der Waals surface area contributed by atoms with Crippen LogP contribution in [0.15, 0.2) is 15.9 Å². The minimum Gasteiger partial charge on any atom is -0.277 e. The number of hydrogen-bond donors (Lipinski definition) is 1. The van der Waals surface area contributed by atoms with E-state index in [1.165, 1.54) is 16.2 Å². The number of amides is 4.